The van der Waals surface area contributed by atoms with Gasteiger partial charge in [-0.2, -0.15) is 0 Å². The maximum atomic E-state index is 13.2. The molecule has 1 aromatic carbocycles. The molecule has 0 aliphatic carbocycles. The summed E-state index contributed by atoms with van der Waals surface area (Å²) in [7, 11) is -3.06. The number of benzene rings is 1. The van der Waals surface area contributed by atoms with Crippen LogP contribution in [-0.2, 0) is 13.6 Å². The fraction of sp³-hybridized carbons (Fsp3) is 0.333. The van der Waals surface area contributed by atoms with Gasteiger partial charge in [0, 0.05) is 7.11 Å². The number of phosphoric acid groups is 1. The van der Waals surface area contributed by atoms with Crippen molar-refractivity contribution in [1.82, 2.24) is 0 Å². The van der Waals surface area contributed by atoms with Crippen molar-refractivity contribution in [2.45, 2.75) is 6.92 Å². The highest BCUT2D eigenvalue weighted by Crippen LogP contribution is 2.41. The van der Waals surface area contributed by atoms with Gasteiger partial charge in [-0.15, -0.1) is 0 Å². The van der Waals surface area contributed by atoms with Gasteiger partial charge < -0.3 is 9.63 Å². The Morgan fingerprint density at radius 2 is 2.19 bits per heavy atom. The zero-order chi connectivity index (χ0) is 12.2. The SMILES string of the molecule is COP(=O)(O)OCOc1ccc(C)cc1F. The van der Waals surface area contributed by atoms with Crippen LogP contribution < -0.4 is 4.74 Å². The van der Waals surface area contributed by atoms with E-state index in [9.17, 15) is 8.96 Å². The highest BCUT2D eigenvalue weighted by atomic mass is 31.2. The Balaban J connectivity index is 2.52. The van der Waals surface area contributed by atoms with Crippen LogP contribution in [0.25, 0.3) is 0 Å². The predicted octanol–water partition coefficient (Wildman–Crippen LogP) is 2.23. The molecule has 0 aliphatic heterocycles. The molecule has 90 valence electrons. The van der Waals surface area contributed by atoms with Crippen LogP contribution in [0.5, 0.6) is 5.75 Å². The number of rotatable bonds is 5. The van der Waals surface area contributed by atoms with Gasteiger partial charge in [0.25, 0.3) is 0 Å². The first kappa shape index (κ1) is 13.1. The summed E-state index contributed by atoms with van der Waals surface area (Å²) in [5.74, 6) is -0.615. The minimum Gasteiger partial charge on any atom is -0.464 e. The van der Waals surface area contributed by atoms with Crippen LogP contribution in [0.15, 0.2) is 18.2 Å². The Hall–Kier alpha value is -0.940. The second-order valence-corrected chi connectivity index (χ2v) is 4.54. The Bertz CT molecular complexity index is 409. The van der Waals surface area contributed by atoms with Gasteiger partial charge >= 0.3 is 7.82 Å². The van der Waals surface area contributed by atoms with E-state index in [1.165, 1.54) is 12.1 Å². The number of ether oxygens (including phenoxy) is 1. The summed E-state index contributed by atoms with van der Waals surface area (Å²) >= 11 is 0. The fourth-order valence-electron chi connectivity index (χ4n) is 0.932. The zero-order valence-electron chi connectivity index (χ0n) is 8.84. The standard InChI is InChI=1S/C9H12FO5P/c1-7-3-4-9(8(10)5-7)14-6-15-16(11,12)13-2/h3-5H,6H2,1-2H3,(H,11,12). The van der Waals surface area contributed by atoms with Crippen molar-refractivity contribution in [1.29, 1.82) is 0 Å². The molecule has 16 heavy (non-hydrogen) atoms. The van der Waals surface area contributed by atoms with Crippen molar-refractivity contribution in [3.05, 3.63) is 29.6 Å². The molecule has 0 saturated heterocycles. The lowest BCUT2D eigenvalue weighted by Crippen LogP contribution is -2.03. The zero-order valence-corrected chi connectivity index (χ0v) is 9.74. The number of aryl methyl sites for hydroxylation is 1. The fourth-order valence-corrected chi connectivity index (χ4v) is 1.22. The van der Waals surface area contributed by atoms with E-state index in [1.54, 1.807) is 13.0 Å². The summed E-state index contributed by atoms with van der Waals surface area (Å²) < 4.78 is 37.4. The smallest absolute Gasteiger partial charge is 0.464 e. The van der Waals surface area contributed by atoms with Crippen LogP contribution in [0.2, 0.25) is 0 Å². The van der Waals surface area contributed by atoms with Gasteiger partial charge in [0.1, 0.15) is 0 Å². The largest absolute Gasteiger partial charge is 0.474 e. The molecule has 0 heterocycles. The van der Waals surface area contributed by atoms with E-state index in [0.717, 1.165) is 12.7 Å². The van der Waals surface area contributed by atoms with Gasteiger partial charge in [-0.3, -0.25) is 4.52 Å². The lowest BCUT2D eigenvalue weighted by Gasteiger charge is -2.10. The van der Waals surface area contributed by atoms with Crippen molar-refractivity contribution in [3.8, 4) is 5.75 Å². The van der Waals surface area contributed by atoms with Crippen LogP contribution >= 0.6 is 7.82 Å². The summed E-state index contributed by atoms with van der Waals surface area (Å²) in [5, 5.41) is 0. The highest BCUT2D eigenvalue weighted by molar-refractivity contribution is 7.47. The van der Waals surface area contributed by atoms with E-state index in [-0.39, 0.29) is 5.75 Å². The molecule has 0 amide bonds. The molecule has 5 nitrogen and oxygen atoms in total. The van der Waals surface area contributed by atoms with E-state index in [1.807, 2.05) is 0 Å². The second kappa shape index (κ2) is 5.41. The molecule has 0 bridgehead atoms. The third-order valence-corrected chi connectivity index (χ3v) is 2.64. The lowest BCUT2D eigenvalue weighted by atomic mass is 10.2. The number of hydrogen-bond donors (Lipinski definition) is 1. The van der Waals surface area contributed by atoms with E-state index < -0.39 is 20.4 Å². The number of phosphoric ester groups is 1. The van der Waals surface area contributed by atoms with Gasteiger partial charge in [-0.25, -0.2) is 13.5 Å². The molecule has 0 aliphatic rings. The van der Waals surface area contributed by atoms with Crippen molar-refractivity contribution in [2.75, 3.05) is 13.9 Å². The Labute approximate surface area is 92.4 Å². The third-order valence-electron chi connectivity index (χ3n) is 1.75. The number of halogens is 1. The summed E-state index contributed by atoms with van der Waals surface area (Å²) in [4.78, 5) is 8.85. The van der Waals surface area contributed by atoms with Crippen LogP contribution in [0.1, 0.15) is 5.56 Å². The molecule has 0 fully saturated rings. The van der Waals surface area contributed by atoms with Crippen LogP contribution in [0, 0.1) is 12.7 Å². The highest BCUT2D eigenvalue weighted by Gasteiger charge is 2.18. The van der Waals surface area contributed by atoms with Crippen molar-refractivity contribution in [3.63, 3.8) is 0 Å². The van der Waals surface area contributed by atoms with E-state index >= 15 is 0 Å². The molecule has 1 atom stereocenters. The van der Waals surface area contributed by atoms with E-state index in [0.29, 0.717) is 0 Å². The molecular weight excluding hydrogens is 238 g/mol. The van der Waals surface area contributed by atoms with Gasteiger partial charge in [-0.1, -0.05) is 6.07 Å². The average molecular weight is 250 g/mol. The molecular formula is C9H12FO5P. The number of hydrogen-bond acceptors (Lipinski definition) is 4. The topological polar surface area (TPSA) is 65.0 Å². The van der Waals surface area contributed by atoms with Crippen LogP contribution in [-0.4, -0.2) is 18.8 Å². The maximum absolute atomic E-state index is 13.2. The monoisotopic (exact) mass is 250 g/mol. The molecule has 0 aromatic heterocycles. The first-order valence-electron chi connectivity index (χ1n) is 4.36. The average Bonchev–Trinajstić information content (AvgIpc) is 2.21. The molecule has 1 unspecified atom stereocenters. The Morgan fingerprint density at radius 3 is 2.75 bits per heavy atom. The summed E-state index contributed by atoms with van der Waals surface area (Å²) in [6, 6.07) is 4.33. The van der Waals surface area contributed by atoms with Crippen LogP contribution in [0.3, 0.4) is 0 Å². The minimum atomic E-state index is -4.08. The summed E-state index contributed by atoms with van der Waals surface area (Å²) in [6.07, 6.45) is 0. The first-order valence-corrected chi connectivity index (χ1v) is 5.86. The molecule has 1 N–H and O–H groups in total. The molecule has 1 rings (SSSR count). The quantitative estimate of drug-likeness (QED) is 0.641. The van der Waals surface area contributed by atoms with Crippen molar-refractivity contribution in [2.24, 2.45) is 0 Å². The summed E-state index contributed by atoms with van der Waals surface area (Å²) in [5.41, 5.74) is 0.746. The summed E-state index contributed by atoms with van der Waals surface area (Å²) in [6.45, 7) is 1.16. The van der Waals surface area contributed by atoms with E-state index in [2.05, 4.69) is 9.05 Å². The predicted molar refractivity (Wildman–Crippen MR) is 54.6 cm³/mol. The molecule has 0 radical (unpaired) electrons. The van der Waals surface area contributed by atoms with Gasteiger partial charge in [-0.05, 0) is 24.6 Å². The maximum Gasteiger partial charge on any atom is 0.474 e. The van der Waals surface area contributed by atoms with Crippen molar-refractivity contribution >= 4 is 7.82 Å². The molecule has 7 heteroatoms. The molecule has 1 aromatic rings. The normalized spacial score (nSPS) is 14.5. The third kappa shape index (κ3) is 3.90. The second-order valence-electron chi connectivity index (χ2n) is 2.98. The Kier molecular flexibility index (Phi) is 4.44. The Morgan fingerprint density at radius 1 is 1.50 bits per heavy atom. The van der Waals surface area contributed by atoms with Crippen LogP contribution in [0.4, 0.5) is 4.39 Å². The van der Waals surface area contributed by atoms with Crippen molar-refractivity contribution < 1.29 is 27.6 Å². The van der Waals surface area contributed by atoms with Gasteiger partial charge in [0.2, 0.25) is 6.79 Å². The van der Waals surface area contributed by atoms with Gasteiger partial charge in [0.05, 0.1) is 0 Å². The molecule has 0 saturated carbocycles. The first-order chi connectivity index (χ1) is 7.44. The molecule has 0 spiro atoms. The van der Waals surface area contributed by atoms with Gasteiger partial charge in [0.15, 0.2) is 11.6 Å². The minimum absolute atomic E-state index is 0.0540. The lowest BCUT2D eigenvalue weighted by molar-refractivity contribution is 0.0722. The van der Waals surface area contributed by atoms with E-state index in [4.69, 9.17) is 9.63 Å².